The quantitative estimate of drug-likeness (QED) is 0.536. The van der Waals surface area contributed by atoms with Gasteiger partial charge in [-0.05, 0) is 6.42 Å². The molecule has 0 radical (unpaired) electrons. The van der Waals surface area contributed by atoms with Crippen LogP contribution in [0.25, 0.3) is 0 Å². The van der Waals surface area contributed by atoms with E-state index in [0.29, 0.717) is 5.89 Å². The first kappa shape index (κ1) is 10.8. The average Bonchev–Trinajstić information content (AvgIpc) is 2.66. The van der Waals surface area contributed by atoms with Gasteiger partial charge < -0.3 is 9.15 Å². The maximum Gasteiger partial charge on any atom is 0.360 e. The summed E-state index contributed by atoms with van der Waals surface area (Å²) in [5.74, 6) is 0.161. The first-order chi connectivity index (χ1) is 6.77. The molecule has 78 valence electrons. The molecule has 0 atom stereocenters. The van der Waals surface area contributed by atoms with Crippen molar-refractivity contribution < 1.29 is 13.9 Å². The van der Waals surface area contributed by atoms with Gasteiger partial charge in [-0.1, -0.05) is 19.8 Å². The Kier molecular flexibility index (Phi) is 4.16. The first-order valence-electron chi connectivity index (χ1n) is 4.80. The second-order valence-electron chi connectivity index (χ2n) is 3.08. The number of hydrogen-bond acceptors (Lipinski definition) is 4. The number of hydrogen-bond donors (Lipinski definition) is 0. The van der Waals surface area contributed by atoms with Gasteiger partial charge in [0.2, 0.25) is 0 Å². The molecule has 4 heteroatoms. The van der Waals surface area contributed by atoms with Crippen molar-refractivity contribution in [3.8, 4) is 0 Å². The van der Waals surface area contributed by atoms with Gasteiger partial charge in [0, 0.05) is 6.42 Å². The molecule has 0 saturated heterocycles. The Morgan fingerprint density at radius 3 is 3.00 bits per heavy atom. The number of nitrogens with zero attached hydrogens (tertiary/aromatic N) is 1. The predicted molar refractivity (Wildman–Crippen MR) is 51.1 cm³/mol. The van der Waals surface area contributed by atoms with Crippen molar-refractivity contribution in [3.63, 3.8) is 0 Å². The average molecular weight is 197 g/mol. The molecular weight excluding hydrogens is 182 g/mol. The number of oxazole rings is 1. The van der Waals surface area contributed by atoms with Crippen LogP contribution in [0.2, 0.25) is 0 Å². The van der Waals surface area contributed by atoms with Crippen molar-refractivity contribution >= 4 is 5.97 Å². The lowest BCUT2D eigenvalue weighted by Crippen LogP contribution is -2.01. The van der Waals surface area contributed by atoms with E-state index in [-0.39, 0.29) is 5.69 Å². The van der Waals surface area contributed by atoms with Crippen molar-refractivity contribution in [2.75, 3.05) is 7.11 Å². The monoisotopic (exact) mass is 197 g/mol. The maximum atomic E-state index is 11.0. The number of unbranched alkanes of at least 4 members (excludes halogenated alkanes) is 2. The number of methoxy groups -OCH3 is 1. The van der Waals surface area contributed by atoms with Crippen LogP contribution in [0.15, 0.2) is 10.7 Å². The zero-order valence-electron chi connectivity index (χ0n) is 8.58. The third-order valence-corrected chi connectivity index (χ3v) is 1.94. The van der Waals surface area contributed by atoms with Crippen molar-refractivity contribution in [1.82, 2.24) is 4.98 Å². The summed E-state index contributed by atoms with van der Waals surface area (Å²) in [6.45, 7) is 2.13. The molecule has 0 amide bonds. The smallest absolute Gasteiger partial charge is 0.360 e. The normalized spacial score (nSPS) is 10.1. The fraction of sp³-hybridized carbons (Fsp3) is 0.600. The van der Waals surface area contributed by atoms with Crippen molar-refractivity contribution in [1.29, 1.82) is 0 Å². The van der Waals surface area contributed by atoms with Crippen LogP contribution < -0.4 is 0 Å². The zero-order valence-corrected chi connectivity index (χ0v) is 8.58. The number of aryl methyl sites for hydroxylation is 1. The van der Waals surface area contributed by atoms with E-state index in [2.05, 4.69) is 16.6 Å². The molecule has 1 aromatic rings. The molecule has 0 aromatic carbocycles. The summed E-state index contributed by atoms with van der Waals surface area (Å²) in [7, 11) is 1.33. The highest BCUT2D eigenvalue weighted by molar-refractivity contribution is 5.86. The Morgan fingerprint density at radius 1 is 1.57 bits per heavy atom. The number of esters is 1. The van der Waals surface area contributed by atoms with Gasteiger partial charge >= 0.3 is 5.97 Å². The molecule has 1 aromatic heterocycles. The summed E-state index contributed by atoms with van der Waals surface area (Å²) in [5.41, 5.74) is 0.249. The van der Waals surface area contributed by atoms with Crippen LogP contribution in [-0.4, -0.2) is 18.1 Å². The Bertz CT molecular complexity index is 293. The van der Waals surface area contributed by atoms with Crippen molar-refractivity contribution in [2.24, 2.45) is 0 Å². The van der Waals surface area contributed by atoms with E-state index in [0.717, 1.165) is 25.7 Å². The second kappa shape index (κ2) is 5.42. The molecule has 0 aliphatic carbocycles. The number of ether oxygens (including phenoxy) is 1. The lowest BCUT2D eigenvalue weighted by Gasteiger charge is -1.93. The van der Waals surface area contributed by atoms with Crippen LogP contribution in [0.4, 0.5) is 0 Å². The van der Waals surface area contributed by atoms with E-state index < -0.39 is 5.97 Å². The van der Waals surface area contributed by atoms with Crippen LogP contribution in [-0.2, 0) is 11.2 Å². The van der Waals surface area contributed by atoms with Gasteiger partial charge in [0.25, 0.3) is 0 Å². The van der Waals surface area contributed by atoms with Gasteiger partial charge in [0.1, 0.15) is 6.26 Å². The Balaban J connectivity index is 2.46. The number of carbonyl (C=O) groups is 1. The van der Waals surface area contributed by atoms with E-state index in [1.54, 1.807) is 0 Å². The lowest BCUT2D eigenvalue weighted by atomic mass is 10.2. The molecule has 4 nitrogen and oxygen atoms in total. The van der Waals surface area contributed by atoms with Crippen molar-refractivity contribution in [2.45, 2.75) is 32.6 Å². The van der Waals surface area contributed by atoms with Gasteiger partial charge in [-0.2, -0.15) is 0 Å². The maximum absolute atomic E-state index is 11.0. The van der Waals surface area contributed by atoms with Crippen LogP contribution >= 0.6 is 0 Å². The fourth-order valence-electron chi connectivity index (χ4n) is 1.15. The summed E-state index contributed by atoms with van der Waals surface area (Å²) in [4.78, 5) is 15.0. The summed E-state index contributed by atoms with van der Waals surface area (Å²) in [5, 5.41) is 0. The summed E-state index contributed by atoms with van der Waals surface area (Å²) in [6, 6.07) is 0. The predicted octanol–water partition coefficient (Wildman–Crippen LogP) is 2.19. The molecule has 1 rings (SSSR count). The SMILES string of the molecule is CCCCCc1nc(C(=O)OC)co1. The first-order valence-corrected chi connectivity index (χ1v) is 4.80. The van der Waals surface area contributed by atoms with Crippen LogP contribution in [0, 0.1) is 0 Å². The molecule has 0 unspecified atom stereocenters. The largest absolute Gasteiger partial charge is 0.464 e. The Morgan fingerprint density at radius 2 is 2.36 bits per heavy atom. The number of carbonyl (C=O) groups excluding carboxylic acids is 1. The molecule has 1 heterocycles. The van der Waals surface area contributed by atoms with E-state index in [1.165, 1.54) is 13.4 Å². The molecule has 0 N–H and O–H groups in total. The standard InChI is InChI=1S/C10H15NO3/c1-3-4-5-6-9-11-8(7-14-9)10(12)13-2/h7H,3-6H2,1-2H3. The lowest BCUT2D eigenvalue weighted by molar-refractivity contribution is 0.0594. The third-order valence-electron chi connectivity index (χ3n) is 1.94. The van der Waals surface area contributed by atoms with Crippen molar-refractivity contribution in [3.05, 3.63) is 17.8 Å². The molecule has 0 aliphatic rings. The zero-order chi connectivity index (χ0) is 10.4. The van der Waals surface area contributed by atoms with Crippen LogP contribution in [0.5, 0.6) is 0 Å². The van der Waals surface area contributed by atoms with E-state index in [9.17, 15) is 4.79 Å². The molecule has 0 fully saturated rings. The van der Waals surface area contributed by atoms with Crippen LogP contribution in [0.3, 0.4) is 0 Å². The molecule has 0 saturated carbocycles. The Hall–Kier alpha value is -1.32. The minimum absolute atomic E-state index is 0.249. The highest BCUT2D eigenvalue weighted by atomic mass is 16.5. The summed E-state index contributed by atoms with van der Waals surface area (Å²) < 4.78 is 9.64. The van der Waals surface area contributed by atoms with Gasteiger partial charge in [-0.3, -0.25) is 0 Å². The van der Waals surface area contributed by atoms with Crippen LogP contribution in [0.1, 0.15) is 42.6 Å². The topological polar surface area (TPSA) is 52.3 Å². The molecule has 14 heavy (non-hydrogen) atoms. The summed E-state index contributed by atoms with van der Waals surface area (Å²) in [6.07, 6.45) is 5.47. The highest BCUT2D eigenvalue weighted by Crippen LogP contribution is 2.07. The second-order valence-corrected chi connectivity index (χ2v) is 3.08. The number of rotatable bonds is 5. The number of aromatic nitrogens is 1. The van der Waals surface area contributed by atoms with Gasteiger partial charge in [-0.25, -0.2) is 9.78 Å². The highest BCUT2D eigenvalue weighted by Gasteiger charge is 2.11. The van der Waals surface area contributed by atoms with E-state index in [4.69, 9.17) is 4.42 Å². The molecular formula is C10H15NO3. The molecule has 0 aliphatic heterocycles. The fourth-order valence-corrected chi connectivity index (χ4v) is 1.15. The van der Waals surface area contributed by atoms with Gasteiger partial charge in [-0.15, -0.1) is 0 Å². The molecule has 0 spiro atoms. The van der Waals surface area contributed by atoms with Gasteiger partial charge in [0.15, 0.2) is 11.6 Å². The molecule has 0 bridgehead atoms. The van der Waals surface area contributed by atoms with E-state index in [1.807, 2.05) is 0 Å². The summed E-state index contributed by atoms with van der Waals surface area (Å²) >= 11 is 0. The third kappa shape index (κ3) is 2.87. The minimum atomic E-state index is -0.449. The minimum Gasteiger partial charge on any atom is -0.464 e. The Labute approximate surface area is 83.3 Å². The van der Waals surface area contributed by atoms with Gasteiger partial charge in [0.05, 0.1) is 7.11 Å². The van der Waals surface area contributed by atoms with E-state index >= 15 is 0 Å².